The lowest BCUT2D eigenvalue weighted by atomic mass is 9.33. The van der Waals surface area contributed by atoms with E-state index in [1.165, 1.54) is 85.6 Å². The zero-order chi connectivity index (χ0) is 51.0. The van der Waals surface area contributed by atoms with Gasteiger partial charge in [-0.15, -0.1) is 0 Å². The van der Waals surface area contributed by atoms with Crippen LogP contribution in [0.1, 0.15) is 124 Å². The van der Waals surface area contributed by atoms with Crippen LogP contribution in [-0.4, -0.2) is 12.3 Å². The average Bonchev–Trinajstić information content (AvgIpc) is 4.04. The molecular weight excluding hydrogens is 902 g/mol. The van der Waals surface area contributed by atoms with Crippen LogP contribution >= 0.6 is 0 Å². The van der Waals surface area contributed by atoms with Gasteiger partial charge in [-0.25, -0.2) is 0 Å². The summed E-state index contributed by atoms with van der Waals surface area (Å²) in [5, 5.41) is 4.48. The van der Waals surface area contributed by atoms with E-state index < -0.39 is 0 Å². The Kier molecular flexibility index (Phi) is 9.34. The second kappa shape index (κ2) is 15.2. The van der Waals surface area contributed by atoms with Crippen LogP contribution in [0.15, 0.2) is 160 Å². The normalized spacial score (nSPS) is 19.3. The zero-order valence-corrected chi connectivity index (χ0v) is 45.0. The van der Waals surface area contributed by atoms with E-state index in [1.807, 2.05) is 0 Å². The van der Waals surface area contributed by atoms with Gasteiger partial charge in [0.15, 0.2) is 11.2 Å². The highest BCUT2D eigenvalue weighted by molar-refractivity contribution is 7.00. The molecule has 2 atom stereocenters. The molecule has 0 radical (unpaired) electrons. The summed E-state index contributed by atoms with van der Waals surface area (Å²) in [5.74, 6) is 0. The molecule has 5 nitrogen and oxygen atoms in total. The summed E-state index contributed by atoms with van der Waals surface area (Å²) in [4.78, 5) is 7.94. The fraction of sp³-hybridized carbons (Fsp3) is 0.294. The number of benzene rings is 8. The van der Waals surface area contributed by atoms with Gasteiger partial charge < -0.3 is 23.5 Å². The number of para-hydroxylation sites is 4. The van der Waals surface area contributed by atoms with Crippen LogP contribution in [0.25, 0.3) is 43.9 Å². The molecule has 2 aromatic heterocycles. The molecule has 2 unspecified atom stereocenters. The van der Waals surface area contributed by atoms with Crippen molar-refractivity contribution in [3.05, 3.63) is 174 Å². The predicted molar refractivity (Wildman–Crippen MR) is 314 cm³/mol. The van der Waals surface area contributed by atoms with Gasteiger partial charge >= 0.3 is 0 Å². The number of fused-ring (bicyclic) bond motifs is 13. The molecular formula is C68H66BN3O2. The standard InChI is InChI=1S/C68H66BN3O2/c1-64(2,3)41-28-31-52-49(36-41)67(10)34-16-17-35-68(67,11)72(52)44-39-57-61-58(40-44)71(56-25-19-23-48-46-21-13-15-27-60(46)74-63(48)56)54-33-30-43(66(7,8)9)38-51(54)69(61)50-37-42(65(4,5)6)29-32-53(50)70(57)55-24-18-22-47-45-20-12-14-26-59(45)73-62(47)55/h12-15,18-33,36-40H,16-17,34-35H2,1-11H3. The molecule has 3 aliphatic heterocycles. The van der Waals surface area contributed by atoms with E-state index in [0.29, 0.717) is 0 Å². The van der Waals surface area contributed by atoms with Crippen LogP contribution in [0.4, 0.5) is 45.5 Å². The molecule has 74 heavy (non-hydrogen) atoms. The molecule has 10 aromatic rings. The van der Waals surface area contributed by atoms with Crippen molar-refractivity contribution in [2.75, 3.05) is 14.7 Å². The predicted octanol–water partition coefficient (Wildman–Crippen LogP) is 17.2. The lowest BCUT2D eigenvalue weighted by Gasteiger charge is -2.51. The first-order chi connectivity index (χ1) is 35.3. The monoisotopic (exact) mass is 968 g/mol. The first-order valence-corrected chi connectivity index (χ1v) is 27.2. The van der Waals surface area contributed by atoms with E-state index in [-0.39, 0.29) is 33.9 Å². The molecule has 1 fully saturated rings. The molecule has 4 aliphatic rings. The topological polar surface area (TPSA) is 36.0 Å². The summed E-state index contributed by atoms with van der Waals surface area (Å²) in [7, 11) is 0. The zero-order valence-electron chi connectivity index (χ0n) is 45.0. The van der Waals surface area contributed by atoms with Gasteiger partial charge in [0.1, 0.15) is 11.2 Å². The van der Waals surface area contributed by atoms with Crippen LogP contribution in [-0.2, 0) is 21.7 Å². The Morgan fingerprint density at radius 3 is 1.38 bits per heavy atom. The summed E-state index contributed by atoms with van der Waals surface area (Å²) in [6.07, 6.45) is 4.66. The number of rotatable bonds is 3. The Morgan fingerprint density at radius 1 is 0.432 bits per heavy atom. The van der Waals surface area contributed by atoms with Crippen molar-refractivity contribution in [2.45, 2.75) is 129 Å². The second-order valence-electron chi connectivity index (χ2n) is 25.7. The smallest absolute Gasteiger partial charge is 0.252 e. The van der Waals surface area contributed by atoms with E-state index in [9.17, 15) is 0 Å². The van der Waals surface area contributed by atoms with Crippen LogP contribution in [0.5, 0.6) is 0 Å². The van der Waals surface area contributed by atoms with Crippen molar-refractivity contribution in [1.29, 1.82) is 0 Å². The third-order valence-corrected chi connectivity index (χ3v) is 18.3. The van der Waals surface area contributed by atoms with Gasteiger partial charge in [-0.05, 0) is 129 Å². The van der Waals surface area contributed by atoms with Crippen molar-refractivity contribution in [3.8, 4) is 0 Å². The molecule has 8 aromatic carbocycles. The van der Waals surface area contributed by atoms with Gasteiger partial charge in [-0.2, -0.15) is 0 Å². The Labute approximate surface area is 436 Å². The minimum atomic E-state index is -0.194. The third-order valence-electron chi connectivity index (χ3n) is 18.3. The highest BCUT2D eigenvalue weighted by Gasteiger charge is 2.58. The van der Waals surface area contributed by atoms with Gasteiger partial charge in [-0.1, -0.05) is 179 Å². The van der Waals surface area contributed by atoms with Crippen LogP contribution in [0, 0.1) is 0 Å². The molecule has 1 aliphatic carbocycles. The van der Waals surface area contributed by atoms with Crippen molar-refractivity contribution in [3.63, 3.8) is 0 Å². The molecule has 0 spiro atoms. The van der Waals surface area contributed by atoms with Crippen molar-refractivity contribution >= 4 is 112 Å². The summed E-state index contributed by atoms with van der Waals surface area (Å²) in [6, 6.07) is 57.7. The maximum Gasteiger partial charge on any atom is 0.252 e. The maximum atomic E-state index is 7.06. The molecule has 1 saturated carbocycles. The van der Waals surface area contributed by atoms with E-state index in [0.717, 1.165) is 68.1 Å². The van der Waals surface area contributed by atoms with Gasteiger partial charge in [0.25, 0.3) is 6.71 Å². The Hall–Kier alpha value is -7.18. The second-order valence-corrected chi connectivity index (χ2v) is 25.7. The van der Waals surface area contributed by atoms with Gasteiger partial charge in [0.2, 0.25) is 0 Å². The average molecular weight is 968 g/mol. The minimum Gasteiger partial charge on any atom is -0.454 e. The van der Waals surface area contributed by atoms with Crippen LogP contribution in [0.2, 0.25) is 0 Å². The molecule has 0 saturated heterocycles. The lowest BCUT2D eigenvalue weighted by molar-refractivity contribution is 0.195. The largest absolute Gasteiger partial charge is 0.454 e. The summed E-state index contributed by atoms with van der Waals surface area (Å²) in [6.45, 7) is 26.2. The fourth-order valence-electron chi connectivity index (χ4n) is 14.0. The van der Waals surface area contributed by atoms with E-state index >= 15 is 0 Å². The molecule has 6 heteroatoms. The van der Waals surface area contributed by atoms with Crippen molar-refractivity contribution in [1.82, 2.24) is 0 Å². The van der Waals surface area contributed by atoms with Crippen LogP contribution in [0.3, 0.4) is 0 Å². The molecule has 5 heterocycles. The highest BCUT2D eigenvalue weighted by Crippen LogP contribution is 2.62. The Bertz CT molecular complexity index is 3800. The summed E-state index contributed by atoms with van der Waals surface area (Å²) in [5.41, 5.74) is 21.8. The quantitative estimate of drug-likeness (QED) is 0.165. The SMILES string of the molecule is CC(C)(C)c1ccc2c(c1)B1c3cc(C(C)(C)C)ccc3N(c3cccc4c3oc3ccccc34)c3cc(N4c5ccc(C(C)(C)C)cc5C5(C)CCCCC45C)cc(c31)N2c1cccc2c1oc1ccccc12. The molecule has 14 rings (SSSR count). The maximum absolute atomic E-state index is 7.06. The summed E-state index contributed by atoms with van der Waals surface area (Å²) < 4.78 is 14.1. The molecule has 0 amide bonds. The van der Waals surface area contributed by atoms with E-state index in [4.69, 9.17) is 8.83 Å². The molecule has 0 bridgehead atoms. The Morgan fingerprint density at radius 2 is 0.878 bits per heavy atom. The first kappa shape index (κ1) is 45.4. The van der Waals surface area contributed by atoms with Gasteiger partial charge in [0.05, 0.1) is 16.9 Å². The van der Waals surface area contributed by atoms with E-state index in [2.05, 4.69) is 243 Å². The molecule has 368 valence electrons. The van der Waals surface area contributed by atoms with E-state index in [1.54, 1.807) is 0 Å². The highest BCUT2D eigenvalue weighted by atomic mass is 16.3. The van der Waals surface area contributed by atoms with Crippen molar-refractivity contribution < 1.29 is 8.83 Å². The van der Waals surface area contributed by atoms with Crippen molar-refractivity contribution in [2.24, 2.45) is 0 Å². The number of anilines is 8. The first-order valence-electron chi connectivity index (χ1n) is 27.2. The number of hydrogen-bond donors (Lipinski definition) is 0. The number of furan rings is 2. The minimum absolute atomic E-state index is 0.0196. The van der Waals surface area contributed by atoms with Crippen LogP contribution < -0.4 is 31.1 Å². The lowest BCUT2D eigenvalue weighted by Crippen LogP contribution is -2.62. The Balaban J connectivity index is 1.15. The number of hydrogen-bond acceptors (Lipinski definition) is 5. The third kappa shape index (κ3) is 6.23. The molecule has 0 N–H and O–H groups in total. The van der Waals surface area contributed by atoms with Gasteiger partial charge in [-0.3, -0.25) is 0 Å². The number of nitrogens with zero attached hydrogens (tertiary/aromatic N) is 3. The summed E-state index contributed by atoms with van der Waals surface area (Å²) >= 11 is 0. The van der Waals surface area contributed by atoms with Gasteiger partial charge in [0, 0.05) is 61.1 Å². The fourth-order valence-corrected chi connectivity index (χ4v) is 14.0.